The van der Waals surface area contributed by atoms with E-state index in [0.717, 1.165) is 0 Å². The molecular weight excluding hydrogens is 190 g/mol. The van der Waals surface area contributed by atoms with Gasteiger partial charge < -0.3 is 5.32 Å². The van der Waals surface area contributed by atoms with E-state index in [1.807, 2.05) is 11.8 Å². The summed E-state index contributed by atoms with van der Waals surface area (Å²) in [5.74, 6) is 2.55. The molecule has 0 saturated carbocycles. The lowest BCUT2D eigenvalue weighted by Gasteiger charge is -2.32. The highest BCUT2D eigenvalue weighted by atomic mass is 32.2. The molecule has 0 atom stereocenters. The summed E-state index contributed by atoms with van der Waals surface area (Å²) in [6.45, 7) is 10.3. The number of nitrogens with one attached hydrogen (secondary N) is 1. The molecule has 0 bridgehead atoms. The van der Waals surface area contributed by atoms with Crippen molar-refractivity contribution < 1.29 is 0 Å². The topological polar surface area (TPSA) is 12.0 Å². The van der Waals surface area contributed by atoms with E-state index < -0.39 is 0 Å². The highest BCUT2D eigenvalue weighted by Crippen LogP contribution is 2.19. The van der Waals surface area contributed by atoms with Crippen molar-refractivity contribution in [3.63, 3.8) is 0 Å². The van der Waals surface area contributed by atoms with Crippen molar-refractivity contribution in [1.29, 1.82) is 0 Å². The molecule has 0 fully saturated rings. The van der Waals surface area contributed by atoms with Crippen molar-refractivity contribution in [2.24, 2.45) is 0 Å². The molecule has 0 rings (SSSR count). The highest BCUT2D eigenvalue weighted by Gasteiger charge is 2.21. The van der Waals surface area contributed by atoms with E-state index in [9.17, 15) is 0 Å². The van der Waals surface area contributed by atoms with Gasteiger partial charge >= 0.3 is 0 Å². The van der Waals surface area contributed by atoms with Crippen molar-refractivity contribution in [2.75, 3.05) is 18.1 Å². The van der Waals surface area contributed by atoms with Gasteiger partial charge in [0.25, 0.3) is 0 Å². The normalized spacial score (nSPS) is 12.0. The summed E-state index contributed by atoms with van der Waals surface area (Å²) in [6.07, 6.45) is 5.06. The van der Waals surface area contributed by atoms with Gasteiger partial charge in [0.05, 0.1) is 0 Å². The molecule has 86 valence electrons. The van der Waals surface area contributed by atoms with Gasteiger partial charge in [-0.05, 0) is 43.7 Å². The van der Waals surface area contributed by atoms with Crippen molar-refractivity contribution in [3.05, 3.63) is 0 Å². The van der Waals surface area contributed by atoms with E-state index in [2.05, 4.69) is 33.0 Å². The molecule has 0 aliphatic heterocycles. The van der Waals surface area contributed by atoms with Crippen LogP contribution in [0.3, 0.4) is 0 Å². The Morgan fingerprint density at radius 1 is 1.00 bits per heavy atom. The minimum atomic E-state index is 0.414. The van der Waals surface area contributed by atoms with Crippen LogP contribution in [0.2, 0.25) is 0 Å². The van der Waals surface area contributed by atoms with Gasteiger partial charge in [0, 0.05) is 5.54 Å². The fraction of sp³-hybridized carbons (Fsp3) is 1.00. The summed E-state index contributed by atoms with van der Waals surface area (Å²) in [5, 5.41) is 3.73. The van der Waals surface area contributed by atoms with Crippen LogP contribution in [-0.2, 0) is 0 Å². The minimum Gasteiger partial charge on any atom is -0.311 e. The molecule has 1 nitrogen and oxygen atoms in total. The first-order chi connectivity index (χ1) is 6.74. The number of hydrogen-bond acceptors (Lipinski definition) is 2. The largest absolute Gasteiger partial charge is 0.311 e. The predicted octanol–water partition coefficient (Wildman–Crippen LogP) is 3.69. The fourth-order valence-electron chi connectivity index (χ4n) is 1.80. The van der Waals surface area contributed by atoms with Crippen LogP contribution in [0.1, 0.15) is 53.4 Å². The molecule has 0 amide bonds. The number of thioether (sulfide) groups is 1. The van der Waals surface area contributed by atoms with E-state index in [1.165, 1.54) is 43.7 Å². The minimum absolute atomic E-state index is 0.414. The van der Waals surface area contributed by atoms with Crippen LogP contribution in [0.5, 0.6) is 0 Å². The Hall–Kier alpha value is 0.310. The van der Waals surface area contributed by atoms with Crippen LogP contribution in [0, 0.1) is 0 Å². The van der Waals surface area contributed by atoms with Crippen LogP contribution in [0.15, 0.2) is 0 Å². The summed E-state index contributed by atoms with van der Waals surface area (Å²) < 4.78 is 0. The van der Waals surface area contributed by atoms with Crippen LogP contribution in [0.25, 0.3) is 0 Å². The summed E-state index contributed by atoms with van der Waals surface area (Å²) >= 11 is 2.04. The zero-order valence-electron chi connectivity index (χ0n) is 10.4. The Morgan fingerprint density at radius 3 is 2.00 bits per heavy atom. The molecule has 0 aliphatic carbocycles. The maximum atomic E-state index is 3.73. The van der Waals surface area contributed by atoms with E-state index in [1.54, 1.807) is 0 Å². The van der Waals surface area contributed by atoms with Crippen LogP contribution in [0.4, 0.5) is 0 Å². The predicted molar refractivity (Wildman–Crippen MR) is 69.2 cm³/mol. The molecule has 0 radical (unpaired) electrons. The zero-order chi connectivity index (χ0) is 10.9. The lowest BCUT2D eigenvalue weighted by Crippen LogP contribution is -2.44. The van der Waals surface area contributed by atoms with Gasteiger partial charge in [-0.3, -0.25) is 0 Å². The molecule has 2 heteroatoms. The second-order valence-electron chi connectivity index (χ2n) is 3.82. The summed E-state index contributed by atoms with van der Waals surface area (Å²) in [4.78, 5) is 0. The molecule has 0 saturated heterocycles. The van der Waals surface area contributed by atoms with Gasteiger partial charge in [0.15, 0.2) is 0 Å². The molecule has 0 aromatic rings. The van der Waals surface area contributed by atoms with Gasteiger partial charge in [-0.15, -0.1) is 0 Å². The van der Waals surface area contributed by atoms with E-state index in [4.69, 9.17) is 0 Å². The molecule has 0 aromatic carbocycles. The molecule has 0 aromatic heterocycles. The smallest absolute Gasteiger partial charge is 0.0173 e. The maximum absolute atomic E-state index is 3.73. The molecular formula is C12H27NS. The van der Waals surface area contributed by atoms with Gasteiger partial charge in [0.2, 0.25) is 0 Å². The Labute approximate surface area is 94.4 Å². The standard InChI is InChI=1S/C12H27NS/c1-5-12(6-2,7-3)13-10-9-11-14-8-4/h13H,5-11H2,1-4H3. The van der Waals surface area contributed by atoms with Crippen LogP contribution < -0.4 is 5.32 Å². The second-order valence-corrected chi connectivity index (χ2v) is 5.21. The van der Waals surface area contributed by atoms with Gasteiger partial charge in [-0.2, -0.15) is 11.8 Å². The average molecular weight is 217 g/mol. The third-order valence-electron chi connectivity index (χ3n) is 3.20. The molecule has 14 heavy (non-hydrogen) atoms. The van der Waals surface area contributed by atoms with Crippen molar-refractivity contribution in [1.82, 2.24) is 5.32 Å². The van der Waals surface area contributed by atoms with Gasteiger partial charge in [-0.25, -0.2) is 0 Å². The molecule has 0 heterocycles. The third kappa shape index (κ3) is 5.26. The Morgan fingerprint density at radius 2 is 1.57 bits per heavy atom. The molecule has 0 aliphatic rings. The summed E-state index contributed by atoms with van der Waals surface area (Å²) in [6, 6.07) is 0. The Kier molecular flexibility index (Phi) is 8.80. The molecule has 1 N–H and O–H groups in total. The average Bonchev–Trinajstić information content (AvgIpc) is 2.24. The number of hydrogen-bond donors (Lipinski definition) is 1. The summed E-state index contributed by atoms with van der Waals surface area (Å²) in [7, 11) is 0. The third-order valence-corrected chi connectivity index (χ3v) is 4.19. The van der Waals surface area contributed by atoms with Gasteiger partial charge in [0.1, 0.15) is 0 Å². The van der Waals surface area contributed by atoms with Crippen LogP contribution >= 0.6 is 11.8 Å². The van der Waals surface area contributed by atoms with Crippen molar-refractivity contribution in [3.8, 4) is 0 Å². The fourth-order valence-corrected chi connectivity index (χ4v) is 2.43. The maximum Gasteiger partial charge on any atom is 0.0173 e. The lowest BCUT2D eigenvalue weighted by molar-refractivity contribution is 0.292. The number of rotatable bonds is 9. The van der Waals surface area contributed by atoms with E-state index in [0.29, 0.717) is 5.54 Å². The van der Waals surface area contributed by atoms with Gasteiger partial charge in [-0.1, -0.05) is 27.7 Å². The van der Waals surface area contributed by atoms with E-state index in [-0.39, 0.29) is 0 Å². The molecule has 0 unspecified atom stereocenters. The van der Waals surface area contributed by atoms with Crippen molar-refractivity contribution >= 4 is 11.8 Å². The Bertz CT molecular complexity index is 113. The monoisotopic (exact) mass is 217 g/mol. The quantitative estimate of drug-likeness (QED) is 0.591. The van der Waals surface area contributed by atoms with E-state index >= 15 is 0 Å². The first-order valence-corrected chi connectivity index (χ1v) is 7.22. The molecule has 0 spiro atoms. The van der Waals surface area contributed by atoms with Crippen LogP contribution in [-0.4, -0.2) is 23.6 Å². The first kappa shape index (κ1) is 14.3. The lowest BCUT2D eigenvalue weighted by atomic mass is 9.90. The first-order valence-electron chi connectivity index (χ1n) is 6.07. The SMILES string of the molecule is CCSCCCNC(CC)(CC)CC. The second kappa shape index (κ2) is 8.60. The van der Waals surface area contributed by atoms with Crippen molar-refractivity contribution in [2.45, 2.75) is 58.9 Å². The Balaban J connectivity index is 3.61. The highest BCUT2D eigenvalue weighted by molar-refractivity contribution is 7.99. The zero-order valence-corrected chi connectivity index (χ0v) is 11.2. The summed E-state index contributed by atoms with van der Waals surface area (Å²) in [5.41, 5.74) is 0.414.